The minimum atomic E-state index is -4.35. The number of rotatable bonds is 5. The molecule has 0 aliphatic carbocycles. The minimum Gasteiger partial charge on any atom is -0.329 e. The molecule has 1 atom stereocenters. The number of likely N-dealkylation sites (tertiary alicyclic amines) is 1. The Bertz CT molecular complexity index is 1070. The maximum atomic E-state index is 12.9. The molecule has 0 radical (unpaired) electrons. The van der Waals surface area contributed by atoms with Crippen molar-refractivity contribution in [1.82, 2.24) is 14.5 Å². The Labute approximate surface area is 192 Å². The van der Waals surface area contributed by atoms with Crippen molar-refractivity contribution in [2.75, 3.05) is 11.9 Å². The summed E-state index contributed by atoms with van der Waals surface area (Å²) < 4.78 is 39.5. The van der Waals surface area contributed by atoms with Crippen LogP contribution in [0.1, 0.15) is 30.3 Å². The molecule has 32 heavy (non-hydrogen) atoms. The predicted octanol–water partition coefficient (Wildman–Crippen LogP) is 6.57. The number of carbonyl (C=O) groups is 1. The van der Waals surface area contributed by atoms with Gasteiger partial charge >= 0.3 is 11.5 Å². The lowest BCUT2D eigenvalue weighted by atomic mass is 10.2. The zero-order chi connectivity index (χ0) is 22.7. The molecule has 1 saturated heterocycles. The lowest BCUT2D eigenvalue weighted by Crippen LogP contribution is -2.35. The first-order chi connectivity index (χ1) is 15.3. The van der Waals surface area contributed by atoms with Crippen LogP contribution < -0.4 is 5.32 Å². The standard InChI is InChI=1S/C22H20ClF3N4OS/c23-16-5-3-15(4-6-16)14-29-13-11-27-20(29)19-2-1-12-30(19)21(31)28-17-7-9-18(10-8-17)32-22(24,25)26/h3-11,13,19H,1-2,12,14H2,(H,28,31)/t19-/m1/s1. The van der Waals surface area contributed by atoms with Gasteiger partial charge in [-0.15, -0.1) is 0 Å². The number of anilines is 1. The van der Waals surface area contributed by atoms with Crippen LogP contribution in [0.2, 0.25) is 5.02 Å². The second-order valence-corrected chi connectivity index (χ2v) is 8.97. The van der Waals surface area contributed by atoms with Crippen molar-refractivity contribution in [2.24, 2.45) is 0 Å². The molecule has 2 heterocycles. The summed E-state index contributed by atoms with van der Waals surface area (Å²) in [6.45, 7) is 1.18. The minimum absolute atomic E-state index is 0.0683. The second kappa shape index (κ2) is 9.46. The summed E-state index contributed by atoms with van der Waals surface area (Å²) >= 11 is 5.78. The molecule has 0 unspecified atom stereocenters. The Morgan fingerprint density at radius 3 is 2.56 bits per heavy atom. The first-order valence-corrected chi connectivity index (χ1v) is 11.2. The smallest absolute Gasteiger partial charge is 0.329 e. The highest BCUT2D eigenvalue weighted by molar-refractivity contribution is 8.00. The molecule has 1 aromatic heterocycles. The van der Waals surface area contributed by atoms with Crippen molar-refractivity contribution in [3.63, 3.8) is 0 Å². The summed E-state index contributed by atoms with van der Waals surface area (Å²) in [6, 6.07) is 12.7. The first-order valence-electron chi connectivity index (χ1n) is 9.97. The summed E-state index contributed by atoms with van der Waals surface area (Å²) in [5.74, 6) is 0.796. The molecule has 0 spiro atoms. The Kier molecular flexibility index (Phi) is 6.66. The molecule has 168 valence electrons. The summed E-state index contributed by atoms with van der Waals surface area (Å²) in [6.07, 6.45) is 5.23. The van der Waals surface area contributed by atoms with Crippen molar-refractivity contribution >= 4 is 35.1 Å². The fourth-order valence-electron chi connectivity index (χ4n) is 3.75. The van der Waals surface area contributed by atoms with Gasteiger partial charge in [0.1, 0.15) is 5.82 Å². The largest absolute Gasteiger partial charge is 0.446 e. The summed E-state index contributed by atoms with van der Waals surface area (Å²) in [4.78, 5) is 19.2. The maximum absolute atomic E-state index is 12.9. The Morgan fingerprint density at radius 1 is 1.16 bits per heavy atom. The molecule has 5 nitrogen and oxygen atoms in total. The van der Waals surface area contributed by atoms with E-state index in [-0.39, 0.29) is 28.7 Å². The highest BCUT2D eigenvalue weighted by Crippen LogP contribution is 2.37. The van der Waals surface area contributed by atoms with E-state index < -0.39 is 5.51 Å². The third kappa shape index (κ3) is 5.58. The number of hydrogen-bond acceptors (Lipinski definition) is 3. The molecule has 0 saturated carbocycles. The monoisotopic (exact) mass is 480 g/mol. The molecule has 1 aliphatic rings. The van der Waals surface area contributed by atoms with Gasteiger partial charge in [0.2, 0.25) is 0 Å². The van der Waals surface area contributed by atoms with Crippen molar-refractivity contribution < 1.29 is 18.0 Å². The SMILES string of the molecule is O=C(Nc1ccc(SC(F)(F)F)cc1)N1CCC[C@@H]1c1nccn1Cc1ccc(Cl)cc1. The van der Waals surface area contributed by atoms with E-state index in [9.17, 15) is 18.0 Å². The lowest BCUT2D eigenvalue weighted by Gasteiger charge is -2.25. The van der Waals surface area contributed by atoms with Crippen LogP contribution in [0.3, 0.4) is 0 Å². The van der Waals surface area contributed by atoms with Gasteiger partial charge in [0.05, 0.1) is 6.04 Å². The van der Waals surface area contributed by atoms with Gasteiger partial charge in [-0.25, -0.2) is 9.78 Å². The Morgan fingerprint density at radius 2 is 1.88 bits per heavy atom. The fourth-order valence-corrected chi connectivity index (χ4v) is 4.42. The molecule has 2 aromatic carbocycles. The quantitative estimate of drug-likeness (QED) is 0.420. The zero-order valence-corrected chi connectivity index (χ0v) is 18.4. The van der Waals surface area contributed by atoms with E-state index in [4.69, 9.17) is 11.6 Å². The molecule has 1 N–H and O–H groups in total. The van der Waals surface area contributed by atoms with Crippen LogP contribution in [0.5, 0.6) is 0 Å². The van der Waals surface area contributed by atoms with Crippen LogP contribution in [-0.4, -0.2) is 32.5 Å². The number of halogens is 4. The number of thioether (sulfide) groups is 1. The van der Waals surface area contributed by atoms with Gasteiger partial charge in [-0.2, -0.15) is 13.2 Å². The van der Waals surface area contributed by atoms with E-state index >= 15 is 0 Å². The van der Waals surface area contributed by atoms with Gasteiger partial charge in [-0.05, 0) is 66.6 Å². The summed E-state index contributed by atoms with van der Waals surface area (Å²) in [7, 11) is 0. The molecule has 1 fully saturated rings. The molecular weight excluding hydrogens is 461 g/mol. The van der Waals surface area contributed by atoms with E-state index in [0.717, 1.165) is 24.2 Å². The van der Waals surface area contributed by atoms with E-state index in [1.165, 1.54) is 24.3 Å². The average Bonchev–Trinajstić information content (AvgIpc) is 3.39. The number of nitrogens with one attached hydrogen (secondary N) is 1. The average molecular weight is 481 g/mol. The van der Waals surface area contributed by atoms with Gasteiger partial charge in [-0.3, -0.25) is 0 Å². The molecule has 3 aromatic rings. The topological polar surface area (TPSA) is 50.2 Å². The van der Waals surface area contributed by atoms with Gasteiger partial charge in [0, 0.05) is 41.1 Å². The highest BCUT2D eigenvalue weighted by atomic mass is 35.5. The van der Waals surface area contributed by atoms with Gasteiger partial charge in [0.25, 0.3) is 0 Å². The third-order valence-corrected chi connectivity index (χ3v) is 6.16. The summed E-state index contributed by atoms with van der Waals surface area (Å²) in [5.41, 5.74) is -2.84. The molecule has 4 rings (SSSR count). The predicted molar refractivity (Wildman–Crippen MR) is 119 cm³/mol. The zero-order valence-electron chi connectivity index (χ0n) is 16.8. The first kappa shape index (κ1) is 22.5. The van der Waals surface area contributed by atoms with E-state index in [1.54, 1.807) is 11.1 Å². The molecule has 10 heteroatoms. The van der Waals surface area contributed by atoms with Crippen LogP contribution in [0.4, 0.5) is 23.7 Å². The van der Waals surface area contributed by atoms with Crippen molar-refractivity contribution in [2.45, 2.75) is 35.8 Å². The van der Waals surface area contributed by atoms with Crippen molar-refractivity contribution in [1.29, 1.82) is 0 Å². The van der Waals surface area contributed by atoms with Crippen molar-refractivity contribution in [3.8, 4) is 0 Å². The van der Waals surface area contributed by atoms with Crippen LogP contribution in [0.25, 0.3) is 0 Å². The highest BCUT2D eigenvalue weighted by Gasteiger charge is 2.33. The molecule has 1 aliphatic heterocycles. The fraction of sp³-hybridized carbons (Fsp3) is 0.273. The van der Waals surface area contributed by atoms with E-state index in [1.807, 2.05) is 35.0 Å². The number of hydrogen-bond donors (Lipinski definition) is 1. The molecule has 0 bridgehead atoms. The lowest BCUT2D eigenvalue weighted by molar-refractivity contribution is -0.0328. The number of alkyl halides is 3. The second-order valence-electron chi connectivity index (χ2n) is 7.39. The Balaban J connectivity index is 1.44. The number of amides is 2. The number of aromatic nitrogens is 2. The van der Waals surface area contributed by atoms with Gasteiger partial charge in [0.15, 0.2) is 0 Å². The van der Waals surface area contributed by atoms with Crippen LogP contribution in [0.15, 0.2) is 65.8 Å². The maximum Gasteiger partial charge on any atom is 0.446 e. The Hall–Kier alpha value is -2.65. The van der Waals surface area contributed by atoms with E-state index in [2.05, 4.69) is 10.3 Å². The van der Waals surface area contributed by atoms with Crippen molar-refractivity contribution in [3.05, 3.63) is 77.3 Å². The number of carbonyl (C=O) groups excluding carboxylic acids is 1. The number of imidazole rings is 1. The summed E-state index contributed by atoms with van der Waals surface area (Å²) in [5, 5.41) is 3.46. The van der Waals surface area contributed by atoms with Gasteiger partial charge < -0.3 is 14.8 Å². The van der Waals surface area contributed by atoms with Crippen LogP contribution >= 0.6 is 23.4 Å². The van der Waals surface area contributed by atoms with Crippen LogP contribution in [0, 0.1) is 0 Å². The third-order valence-electron chi connectivity index (χ3n) is 5.16. The normalized spacial score (nSPS) is 16.4. The van der Waals surface area contributed by atoms with E-state index in [0.29, 0.717) is 23.8 Å². The molecule has 2 amide bonds. The van der Waals surface area contributed by atoms with Crippen LogP contribution in [-0.2, 0) is 6.54 Å². The molecular formula is C22H20ClF3N4OS. The number of benzene rings is 2. The number of nitrogens with zero attached hydrogens (tertiary/aromatic N) is 3. The van der Waals surface area contributed by atoms with Gasteiger partial charge in [-0.1, -0.05) is 23.7 Å². The number of urea groups is 1.